The summed E-state index contributed by atoms with van der Waals surface area (Å²) in [4.78, 5) is 37.1. The first-order valence-corrected chi connectivity index (χ1v) is 12.3. The van der Waals surface area contributed by atoms with Crippen molar-refractivity contribution < 1.29 is 23.5 Å². The van der Waals surface area contributed by atoms with Crippen molar-refractivity contribution in [2.75, 3.05) is 6.54 Å². The number of alkyl carbamates (subject to hydrolysis) is 1. The van der Waals surface area contributed by atoms with Crippen LogP contribution in [0.1, 0.15) is 67.2 Å². The Morgan fingerprint density at radius 1 is 0.971 bits per heavy atom. The molecule has 0 saturated heterocycles. The second-order valence-electron chi connectivity index (χ2n) is 9.53. The van der Waals surface area contributed by atoms with Crippen molar-refractivity contribution in [3.05, 3.63) is 71.0 Å². The molecule has 2 fully saturated rings. The molecular formula is C27H32FN3O4. The molecule has 0 bridgehead atoms. The second kappa shape index (κ2) is 11.3. The first-order chi connectivity index (χ1) is 16.9. The number of ether oxygens (including phenoxy) is 1. The number of primary amides is 1. The number of carbonyl (C=O) groups is 3. The normalized spacial score (nSPS) is 20.5. The van der Waals surface area contributed by atoms with Crippen molar-refractivity contribution in [3.63, 3.8) is 0 Å². The van der Waals surface area contributed by atoms with Crippen LogP contribution >= 0.6 is 0 Å². The second-order valence-corrected chi connectivity index (χ2v) is 9.53. The Labute approximate surface area is 204 Å². The van der Waals surface area contributed by atoms with Crippen LogP contribution < -0.4 is 16.4 Å². The predicted octanol–water partition coefficient (Wildman–Crippen LogP) is 4.08. The lowest BCUT2D eigenvalue weighted by Crippen LogP contribution is -2.42. The lowest BCUT2D eigenvalue weighted by atomic mass is 9.74. The van der Waals surface area contributed by atoms with Crippen LogP contribution in [0.25, 0.3) is 0 Å². The van der Waals surface area contributed by atoms with E-state index >= 15 is 0 Å². The third kappa shape index (κ3) is 6.81. The fraction of sp³-hybridized carbons (Fsp3) is 0.444. The summed E-state index contributed by atoms with van der Waals surface area (Å²) in [5.41, 5.74) is 7.90. The number of halogens is 1. The lowest BCUT2D eigenvalue weighted by molar-refractivity contribution is -0.131. The van der Waals surface area contributed by atoms with E-state index in [1.54, 1.807) is 0 Å². The minimum absolute atomic E-state index is 0.00213. The van der Waals surface area contributed by atoms with E-state index in [0.717, 1.165) is 43.2 Å². The van der Waals surface area contributed by atoms with Crippen LogP contribution in [0.2, 0.25) is 0 Å². The number of hydrogen-bond acceptors (Lipinski definition) is 4. The first kappa shape index (κ1) is 24.7. The molecule has 4 N–H and O–H groups in total. The van der Waals surface area contributed by atoms with E-state index in [1.165, 1.54) is 24.3 Å². The monoisotopic (exact) mass is 481 g/mol. The third-order valence-electron chi connectivity index (χ3n) is 6.89. The van der Waals surface area contributed by atoms with Gasteiger partial charge in [0.2, 0.25) is 11.8 Å². The van der Waals surface area contributed by atoms with Gasteiger partial charge >= 0.3 is 6.09 Å². The molecule has 35 heavy (non-hydrogen) atoms. The lowest BCUT2D eigenvalue weighted by Gasteiger charge is -2.32. The van der Waals surface area contributed by atoms with Gasteiger partial charge in [0, 0.05) is 12.5 Å². The summed E-state index contributed by atoms with van der Waals surface area (Å²) < 4.78 is 18.6. The molecule has 2 saturated carbocycles. The van der Waals surface area contributed by atoms with Crippen molar-refractivity contribution in [3.8, 4) is 0 Å². The SMILES string of the molecule is NC(=O)[C@@H](NC(=O)[C@@H]1CCCC[C@H]1c1ccc(COC(=O)NCC2CC2)cc1)c1ccc(F)cc1. The summed E-state index contributed by atoms with van der Waals surface area (Å²) in [6.07, 6.45) is 5.42. The summed E-state index contributed by atoms with van der Waals surface area (Å²) in [7, 11) is 0. The number of nitrogens with two attached hydrogens (primary N) is 1. The molecule has 0 heterocycles. The highest BCUT2D eigenvalue weighted by Crippen LogP contribution is 2.38. The molecule has 2 aliphatic rings. The van der Waals surface area contributed by atoms with Gasteiger partial charge in [-0.25, -0.2) is 9.18 Å². The van der Waals surface area contributed by atoms with Gasteiger partial charge in [-0.05, 0) is 66.3 Å². The molecule has 3 atom stereocenters. The average molecular weight is 482 g/mol. The largest absolute Gasteiger partial charge is 0.445 e. The Balaban J connectivity index is 1.38. The van der Waals surface area contributed by atoms with Crippen LogP contribution in [0, 0.1) is 17.7 Å². The van der Waals surface area contributed by atoms with Gasteiger partial charge in [-0.15, -0.1) is 0 Å². The zero-order chi connectivity index (χ0) is 24.8. The van der Waals surface area contributed by atoms with Crippen molar-refractivity contribution in [1.29, 1.82) is 0 Å². The molecule has 0 aromatic heterocycles. The summed E-state index contributed by atoms with van der Waals surface area (Å²) in [6, 6.07) is 12.1. The molecule has 4 rings (SSSR count). The smallest absolute Gasteiger partial charge is 0.407 e. The molecular weight excluding hydrogens is 449 g/mol. The van der Waals surface area contributed by atoms with Crippen LogP contribution in [0.4, 0.5) is 9.18 Å². The van der Waals surface area contributed by atoms with Crippen molar-refractivity contribution in [1.82, 2.24) is 10.6 Å². The summed E-state index contributed by atoms with van der Waals surface area (Å²) in [5.74, 6) is -1.06. The Bertz CT molecular complexity index is 1040. The van der Waals surface area contributed by atoms with Gasteiger partial charge < -0.3 is 21.1 Å². The summed E-state index contributed by atoms with van der Waals surface area (Å²) >= 11 is 0. The zero-order valence-corrected chi connectivity index (χ0v) is 19.7. The molecule has 3 amide bonds. The molecule has 2 aromatic carbocycles. The highest BCUT2D eigenvalue weighted by atomic mass is 19.1. The maximum Gasteiger partial charge on any atom is 0.407 e. The van der Waals surface area contributed by atoms with Gasteiger partial charge in [0.1, 0.15) is 18.5 Å². The highest BCUT2D eigenvalue weighted by Gasteiger charge is 2.34. The van der Waals surface area contributed by atoms with Crippen LogP contribution in [0.3, 0.4) is 0 Å². The van der Waals surface area contributed by atoms with Crippen LogP contribution in [0.5, 0.6) is 0 Å². The van der Waals surface area contributed by atoms with Gasteiger partial charge in [0.05, 0.1) is 0 Å². The van der Waals surface area contributed by atoms with E-state index < -0.39 is 23.9 Å². The Morgan fingerprint density at radius 3 is 2.31 bits per heavy atom. The Hall–Kier alpha value is -3.42. The van der Waals surface area contributed by atoms with Crippen LogP contribution in [-0.2, 0) is 20.9 Å². The number of hydrogen-bond donors (Lipinski definition) is 3. The van der Waals surface area contributed by atoms with Crippen molar-refractivity contribution >= 4 is 17.9 Å². The third-order valence-corrected chi connectivity index (χ3v) is 6.89. The molecule has 0 aliphatic heterocycles. The molecule has 7 nitrogen and oxygen atoms in total. The number of carbonyl (C=O) groups excluding carboxylic acids is 3. The standard InChI is InChI=1S/C27H32FN3O4/c28-21-13-11-20(12-14-21)24(25(29)32)31-26(33)23-4-2-1-3-22(23)19-9-7-18(8-10-19)16-35-27(34)30-15-17-5-6-17/h7-14,17,22-24H,1-6,15-16H2,(H2,29,32)(H,30,34)(H,31,33)/t22-,23+,24-/m0/s1. The quantitative estimate of drug-likeness (QED) is 0.501. The van der Waals surface area contributed by atoms with Gasteiger partial charge in [-0.3, -0.25) is 9.59 Å². The van der Waals surface area contributed by atoms with Gasteiger partial charge in [0.25, 0.3) is 0 Å². The van der Waals surface area contributed by atoms with Gasteiger partial charge in [-0.2, -0.15) is 0 Å². The van der Waals surface area contributed by atoms with E-state index in [9.17, 15) is 18.8 Å². The van der Waals surface area contributed by atoms with E-state index in [1.807, 2.05) is 24.3 Å². The van der Waals surface area contributed by atoms with Crippen molar-refractivity contribution in [2.45, 2.75) is 57.1 Å². The number of benzene rings is 2. The van der Waals surface area contributed by atoms with Gasteiger partial charge in [0.15, 0.2) is 0 Å². The van der Waals surface area contributed by atoms with Crippen molar-refractivity contribution in [2.24, 2.45) is 17.6 Å². The number of nitrogens with one attached hydrogen (secondary N) is 2. The minimum atomic E-state index is -1.02. The van der Waals surface area contributed by atoms with Gasteiger partial charge in [-0.1, -0.05) is 49.2 Å². The first-order valence-electron chi connectivity index (χ1n) is 12.3. The number of amides is 3. The summed E-state index contributed by atoms with van der Waals surface area (Å²) in [5, 5.41) is 5.57. The van der Waals surface area contributed by atoms with E-state index in [4.69, 9.17) is 10.5 Å². The average Bonchev–Trinajstić information content (AvgIpc) is 3.70. The van der Waals surface area contributed by atoms with E-state index in [-0.39, 0.29) is 24.3 Å². The molecule has 2 aromatic rings. The predicted molar refractivity (Wildman–Crippen MR) is 129 cm³/mol. The molecule has 0 radical (unpaired) electrons. The molecule has 8 heteroatoms. The zero-order valence-electron chi connectivity index (χ0n) is 19.7. The number of rotatable bonds is 9. The topological polar surface area (TPSA) is 111 Å². The summed E-state index contributed by atoms with van der Waals surface area (Å²) in [6.45, 7) is 0.851. The van der Waals surface area contributed by atoms with Crippen LogP contribution in [-0.4, -0.2) is 24.5 Å². The van der Waals surface area contributed by atoms with E-state index in [0.29, 0.717) is 24.4 Å². The Morgan fingerprint density at radius 2 is 1.66 bits per heavy atom. The fourth-order valence-electron chi connectivity index (χ4n) is 4.68. The fourth-order valence-corrected chi connectivity index (χ4v) is 4.68. The molecule has 2 aliphatic carbocycles. The minimum Gasteiger partial charge on any atom is -0.445 e. The maximum atomic E-state index is 13.3. The molecule has 0 spiro atoms. The Kier molecular flexibility index (Phi) is 8.00. The highest BCUT2D eigenvalue weighted by molar-refractivity contribution is 5.89. The maximum absolute atomic E-state index is 13.3. The van der Waals surface area contributed by atoms with Crippen LogP contribution in [0.15, 0.2) is 48.5 Å². The molecule has 186 valence electrons. The molecule has 0 unspecified atom stereocenters. The van der Waals surface area contributed by atoms with E-state index in [2.05, 4.69) is 10.6 Å².